The van der Waals surface area contributed by atoms with Gasteiger partial charge in [0.15, 0.2) is 5.82 Å². The van der Waals surface area contributed by atoms with Crippen molar-refractivity contribution in [1.29, 1.82) is 0 Å². The summed E-state index contributed by atoms with van der Waals surface area (Å²) in [6, 6.07) is 0. The summed E-state index contributed by atoms with van der Waals surface area (Å²) in [4.78, 5) is 12.4. The Morgan fingerprint density at radius 2 is 2.00 bits per heavy atom. The molecule has 0 atom stereocenters. The van der Waals surface area contributed by atoms with E-state index in [-0.39, 0.29) is 0 Å². The van der Waals surface area contributed by atoms with Crippen molar-refractivity contribution < 1.29 is 0 Å². The lowest BCUT2D eigenvalue weighted by Gasteiger charge is -2.02. The normalized spacial score (nSPS) is 10.4. The molecule has 0 aliphatic heterocycles. The van der Waals surface area contributed by atoms with E-state index >= 15 is 0 Å². The number of aryl methyl sites for hydroxylation is 2. The summed E-state index contributed by atoms with van der Waals surface area (Å²) in [5.41, 5.74) is 1.05. The molecule has 0 radical (unpaired) electrons. The molecule has 1 N–H and O–H groups in total. The Balaban J connectivity index is 1.82. The average molecular weight is 218 g/mol. The molecule has 0 saturated heterocycles. The van der Waals surface area contributed by atoms with Crippen molar-refractivity contribution in [2.45, 2.75) is 13.3 Å². The fourth-order valence-corrected chi connectivity index (χ4v) is 1.27. The Labute approximate surface area is 93.8 Å². The first kappa shape index (κ1) is 10.5. The van der Waals surface area contributed by atoms with Crippen molar-refractivity contribution in [3.63, 3.8) is 0 Å². The van der Waals surface area contributed by atoms with Crippen molar-refractivity contribution in [2.24, 2.45) is 7.05 Å². The molecular formula is C10H14N6. The lowest BCUT2D eigenvalue weighted by Crippen LogP contribution is -2.09. The Morgan fingerprint density at radius 3 is 2.62 bits per heavy atom. The molecule has 0 saturated carbocycles. The summed E-state index contributed by atoms with van der Waals surface area (Å²) < 4.78 is 1.69. The van der Waals surface area contributed by atoms with E-state index in [0.29, 0.717) is 5.95 Å². The molecular weight excluding hydrogens is 204 g/mol. The van der Waals surface area contributed by atoms with Crippen LogP contribution >= 0.6 is 0 Å². The largest absolute Gasteiger partial charge is 0.354 e. The van der Waals surface area contributed by atoms with Crippen LogP contribution < -0.4 is 5.32 Å². The van der Waals surface area contributed by atoms with Crippen LogP contribution in [0.25, 0.3) is 0 Å². The predicted octanol–water partition coefficient (Wildman–Crippen LogP) is 0.568. The van der Waals surface area contributed by atoms with E-state index in [1.165, 1.54) is 0 Å². The van der Waals surface area contributed by atoms with E-state index in [4.69, 9.17) is 0 Å². The molecule has 84 valence electrons. The molecule has 6 heteroatoms. The van der Waals surface area contributed by atoms with Crippen LogP contribution in [0, 0.1) is 6.92 Å². The van der Waals surface area contributed by atoms with Crippen LogP contribution in [0.5, 0.6) is 0 Å². The Bertz CT molecular complexity index is 447. The molecule has 2 aromatic heterocycles. The summed E-state index contributed by atoms with van der Waals surface area (Å²) in [6.45, 7) is 2.69. The van der Waals surface area contributed by atoms with Gasteiger partial charge in [-0.25, -0.2) is 15.0 Å². The van der Waals surface area contributed by atoms with Crippen molar-refractivity contribution in [3.8, 4) is 0 Å². The Hall–Kier alpha value is -1.98. The molecule has 0 aromatic carbocycles. The fourth-order valence-electron chi connectivity index (χ4n) is 1.27. The summed E-state index contributed by atoms with van der Waals surface area (Å²) in [6.07, 6.45) is 6.03. The van der Waals surface area contributed by atoms with Crippen LogP contribution in [0.15, 0.2) is 18.7 Å². The summed E-state index contributed by atoms with van der Waals surface area (Å²) in [5.74, 6) is 1.46. The van der Waals surface area contributed by atoms with Crippen LogP contribution in [0.2, 0.25) is 0 Å². The summed E-state index contributed by atoms with van der Waals surface area (Å²) >= 11 is 0. The lowest BCUT2D eigenvalue weighted by molar-refractivity contribution is 0.741. The van der Waals surface area contributed by atoms with E-state index < -0.39 is 0 Å². The zero-order valence-corrected chi connectivity index (χ0v) is 9.38. The summed E-state index contributed by atoms with van der Waals surface area (Å²) in [5, 5.41) is 7.30. The van der Waals surface area contributed by atoms with Gasteiger partial charge in [-0.15, -0.1) is 0 Å². The molecule has 0 bridgehead atoms. The molecule has 0 amide bonds. The maximum Gasteiger partial charge on any atom is 0.222 e. The minimum atomic E-state index is 0.640. The molecule has 2 rings (SSSR count). The van der Waals surface area contributed by atoms with Gasteiger partial charge in [-0.1, -0.05) is 0 Å². The van der Waals surface area contributed by atoms with Crippen LogP contribution in [0.3, 0.4) is 0 Å². The van der Waals surface area contributed by atoms with Crippen molar-refractivity contribution >= 4 is 5.95 Å². The standard InChI is InChI=1S/C10H14N6/c1-8-5-12-10(13-6-8)11-4-3-9-14-7-16(2)15-9/h5-7H,3-4H2,1-2H3,(H,11,12,13). The highest BCUT2D eigenvalue weighted by Gasteiger charge is 1.99. The van der Waals surface area contributed by atoms with E-state index in [1.807, 2.05) is 14.0 Å². The van der Waals surface area contributed by atoms with Crippen molar-refractivity contribution in [1.82, 2.24) is 24.7 Å². The SMILES string of the molecule is Cc1cnc(NCCc2ncn(C)n2)nc1. The van der Waals surface area contributed by atoms with Crippen molar-refractivity contribution in [3.05, 3.63) is 30.1 Å². The second-order valence-electron chi connectivity index (χ2n) is 3.60. The van der Waals surface area contributed by atoms with Gasteiger partial charge in [-0.3, -0.25) is 4.68 Å². The van der Waals surface area contributed by atoms with Gasteiger partial charge < -0.3 is 5.32 Å². The highest BCUT2D eigenvalue weighted by atomic mass is 15.3. The van der Waals surface area contributed by atoms with Crippen LogP contribution in [0.1, 0.15) is 11.4 Å². The molecule has 0 aliphatic carbocycles. The number of nitrogens with one attached hydrogen (secondary N) is 1. The molecule has 2 aromatic rings. The third-order valence-corrected chi connectivity index (χ3v) is 2.06. The number of rotatable bonds is 4. The van der Waals surface area contributed by atoms with Gasteiger partial charge in [-0.2, -0.15) is 5.10 Å². The average Bonchev–Trinajstić information content (AvgIpc) is 2.67. The lowest BCUT2D eigenvalue weighted by atomic mass is 10.4. The maximum absolute atomic E-state index is 4.18. The zero-order chi connectivity index (χ0) is 11.4. The van der Waals surface area contributed by atoms with Gasteiger partial charge in [0.1, 0.15) is 6.33 Å². The molecule has 0 aliphatic rings. The smallest absolute Gasteiger partial charge is 0.222 e. The topological polar surface area (TPSA) is 68.5 Å². The monoisotopic (exact) mass is 218 g/mol. The predicted molar refractivity (Wildman–Crippen MR) is 60.0 cm³/mol. The van der Waals surface area contributed by atoms with E-state index in [9.17, 15) is 0 Å². The van der Waals surface area contributed by atoms with E-state index in [0.717, 1.165) is 24.4 Å². The van der Waals surface area contributed by atoms with Gasteiger partial charge in [-0.05, 0) is 12.5 Å². The highest BCUT2D eigenvalue weighted by molar-refractivity contribution is 5.24. The Kier molecular flexibility index (Phi) is 3.09. The van der Waals surface area contributed by atoms with E-state index in [1.54, 1.807) is 23.4 Å². The minimum absolute atomic E-state index is 0.640. The number of aromatic nitrogens is 5. The first-order valence-corrected chi connectivity index (χ1v) is 5.11. The van der Waals surface area contributed by atoms with Gasteiger partial charge >= 0.3 is 0 Å². The number of hydrogen-bond donors (Lipinski definition) is 1. The first-order valence-electron chi connectivity index (χ1n) is 5.11. The van der Waals surface area contributed by atoms with Crippen molar-refractivity contribution in [2.75, 3.05) is 11.9 Å². The zero-order valence-electron chi connectivity index (χ0n) is 9.38. The molecule has 2 heterocycles. The van der Waals surface area contributed by atoms with Gasteiger partial charge in [0, 0.05) is 32.4 Å². The minimum Gasteiger partial charge on any atom is -0.354 e. The number of anilines is 1. The quantitative estimate of drug-likeness (QED) is 0.812. The van der Waals surface area contributed by atoms with Crippen LogP contribution in [0.4, 0.5) is 5.95 Å². The molecule has 0 unspecified atom stereocenters. The molecule has 0 fully saturated rings. The second-order valence-corrected chi connectivity index (χ2v) is 3.60. The molecule has 16 heavy (non-hydrogen) atoms. The highest BCUT2D eigenvalue weighted by Crippen LogP contribution is 1.98. The summed E-state index contributed by atoms with van der Waals surface area (Å²) in [7, 11) is 1.85. The number of nitrogens with zero attached hydrogens (tertiary/aromatic N) is 5. The van der Waals surface area contributed by atoms with Crippen LogP contribution in [-0.4, -0.2) is 31.3 Å². The molecule has 6 nitrogen and oxygen atoms in total. The third kappa shape index (κ3) is 2.75. The molecule has 0 spiro atoms. The second kappa shape index (κ2) is 4.69. The Morgan fingerprint density at radius 1 is 1.25 bits per heavy atom. The first-order chi connectivity index (χ1) is 7.74. The fraction of sp³-hybridized carbons (Fsp3) is 0.400. The van der Waals surface area contributed by atoms with E-state index in [2.05, 4.69) is 25.4 Å². The maximum atomic E-state index is 4.18. The van der Waals surface area contributed by atoms with Crippen LogP contribution in [-0.2, 0) is 13.5 Å². The number of hydrogen-bond acceptors (Lipinski definition) is 5. The third-order valence-electron chi connectivity index (χ3n) is 2.06. The van der Waals surface area contributed by atoms with Gasteiger partial charge in [0.2, 0.25) is 5.95 Å². The van der Waals surface area contributed by atoms with Gasteiger partial charge in [0.05, 0.1) is 0 Å². The van der Waals surface area contributed by atoms with Gasteiger partial charge in [0.25, 0.3) is 0 Å².